The van der Waals surface area contributed by atoms with E-state index in [0.29, 0.717) is 12.4 Å². The van der Waals surface area contributed by atoms with E-state index in [1.165, 1.54) is 6.20 Å². The second-order valence-corrected chi connectivity index (χ2v) is 5.68. The van der Waals surface area contributed by atoms with E-state index in [1.54, 1.807) is 6.92 Å². The van der Waals surface area contributed by atoms with Gasteiger partial charge in [-0.05, 0) is 26.3 Å². The minimum Gasteiger partial charge on any atom is -0.332 e. The van der Waals surface area contributed by atoms with Crippen LogP contribution in [0.1, 0.15) is 18.7 Å². The van der Waals surface area contributed by atoms with Crippen LogP contribution >= 0.6 is 0 Å². The highest BCUT2D eigenvalue weighted by molar-refractivity contribution is 7.89. The Morgan fingerprint density at radius 3 is 2.94 bits per heavy atom. The third-order valence-corrected chi connectivity index (χ3v) is 4.02. The van der Waals surface area contributed by atoms with E-state index in [-0.39, 0.29) is 11.1 Å². The Bertz CT molecular complexity index is 448. The van der Waals surface area contributed by atoms with Gasteiger partial charge in [0, 0.05) is 12.6 Å². The van der Waals surface area contributed by atoms with E-state index in [1.807, 2.05) is 0 Å². The van der Waals surface area contributed by atoms with Gasteiger partial charge in [0.05, 0.1) is 6.20 Å². The maximum atomic E-state index is 11.9. The molecule has 0 saturated carbocycles. The largest absolute Gasteiger partial charge is 0.332 e. The molecule has 1 aliphatic rings. The van der Waals surface area contributed by atoms with E-state index in [9.17, 15) is 8.42 Å². The average molecular weight is 244 g/mol. The molecule has 7 heteroatoms. The molecule has 16 heavy (non-hydrogen) atoms. The second kappa shape index (κ2) is 4.52. The van der Waals surface area contributed by atoms with E-state index in [2.05, 4.69) is 20.0 Å². The van der Waals surface area contributed by atoms with Crippen LogP contribution in [-0.4, -0.2) is 37.5 Å². The maximum Gasteiger partial charge on any atom is 0.257 e. The van der Waals surface area contributed by atoms with Gasteiger partial charge in [0.15, 0.2) is 5.03 Å². The van der Waals surface area contributed by atoms with Gasteiger partial charge in [-0.25, -0.2) is 18.1 Å². The summed E-state index contributed by atoms with van der Waals surface area (Å²) in [7, 11) is -3.45. The Labute approximate surface area is 94.9 Å². The lowest BCUT2D eigenvalue weighted by Gasteiger charge is -2.23. The van der Waals surface area contributed by atoms with Crippen LogP contribution in [0, 0.1) is 6.92 Å². The summed E-state index contributed by atoms with van der Waals surface area (Å²) in [5.74, 6) is 0.599. The van der Waals surface area contributed by atoms with Crippen molar-refractivity contribution in [1.82, 2.24) is 20.0 Å². The first-order valence-corrected chi connectivity index (χ1v) is 6.81. The zero-order chi connectivity index (χ0) is 11.6. The Kier molecular flexibility index (Phi) is 3.27. The molecule has 0 bridgehead atoms. The SMILES string of the molecule is Cc1ncc(S(=O)(=O)N[C@H]2CCCNC2)[nH]1. The minimum absolute atomic E-state index is 0.0256. The molecule has 1 saturated heterocycles. The Balaban J connectivity index is 2.07. The maximum absolute atomic E-state index is 11.9. The van der Waals surface area contributed by atoms with Crippen LogP contribution in [0.4, 0.5) is 0 Å². The van der Waals surface area contributed by atoms with Crippen LogP contribution in [0.15, 0.2) is 11.2 Å². The Morgan fingerprint density at radius 1 is 1.56 bits per heavy atom. The highest BCUT2D eigenvalue weighted by atomic mass is 32.2. The molecule has 0 spiro atoms. The molecule has 1 aromatic heterocycles. The van der Waals surface area contributed by atoms with Gasteiger partial charge in [-0.3, -0.25) is 0 Å². The molecule has 0 amide bonds. The number of nitrogens with zero attached hydrogens (tertiary/aromatic N) is 1. The highest BCUT2D eigenvalue weighted by Gasteiger charge is 2.22. The number of rotatable bonds is 3. The number of aromatic amines is 1. The third-order valence-electron chi connectivity index (χ3n) is 2.59. The summed E-state index contributed by atoms with van der Waals surface area (Å²) in [4.78, 5) is 6.61. The van der Waals surface area contributed by atoms with Crippen LogP contribution in [0.5, 0.6) is 0 Å². The third kappa shape index (κ3) is 2.60. The molecule has 0 unspecified atom stereocenters. The van der Waals surface area contributed by atoms with Gasteiger partial charge in [-0.1, -0.05) is 0 Å². The summed E-state index contributed by atoms with van der Waals surface area (Å²) >= 11 is 0. The number of aryl methyl sites for hydroxylation is 1. The first-order chi connectivity index (χ1) is 7.58. The molecule has 6 nitrogen and oxygen atoms in total. The number of H-pyrrole nitrogens is 1. The molecule has 3 N–H and O–H groups in total. The van der Waals surface area contributed by atoms with Crippen LogP contribution in [0.3, 0.4) is 0 Å². The van der Waals surface area contributed by atoms with Crippen LogP contribution in [-0.2, 0) is 10.0 Å². The molecule has 1 aliphatic heterocycles. The van der Waals surface area contributed by atoms with Crippen molar-refractivity contribution in [3.8, 4) is 0 Å². The summed E-state index contributed by atoms with van der Waals surface area (Å²) in [6.45, 7) is 3.37. The Morgan fingerprint density at radius 2 is 2.38 bits per heavy atom. The second-order valence-electron chi connectivity index (χ2n) is 4.00. The first-order valence-electron chi connectivity index (χ1n) is 5.32. The Hall–Kier alpha value is -0.920. The van der Waals surface area contributed by atoms with Crippen molar-refractivity contribution < 1.29 is 8.42 Å². The molecule has 1 atom stereocenters. The van der Waals surface area contributed by atoms with E-state index in [0.717, 1.165) is 19.4 Å². The molecular weight excluding hydrogens is 228 g/mol. The summed E-state index contributed by atoms with van der Waals surface area (Å²) in [5, 5.41) is 3.30. The predicted octanol–water partition coefficient (Wildman–Crippen LogP) is -0.252. The van der Waals surface area contributed by atoms with Gasteiger partial charge in [-0.2, -0.15) is 0 Å². The smallest absolute Gasteiger partial charge is 0.257 e. The fourth-order valence-electron chi connectivity index (χ4n) is 1.77. The quantitative estimate of drug-likeness (QED) is 0.684. The standard InChI is InChI=1S/C9H16N4O2S/c1-7-11-6-9(12-7)16(14,15)13-8-3-2-4-10-5-8/h6,8,10,13H,2-5H2,1H3,(H,11,12)/t8-/m0/s1. The van der Waals surface area contributed by atoms with Gasteiger partial charge in [0.1, 0.15) is 5.82 Å². The van der Waals surface area contributed by atoms with Crippen LogP contribution in [0.25, 0.3) is 0 Å². The van der Waals surface area contributed by atoms with Crippen molar-refractivity contribution in [3.63, 3.8) is 0 Å². The molecule has 90 valence electrons. The number of piperidine rings is 1. The highest BCUT2D eigenvalue weighted by Crippen LogP contribution is 2.09. The number of imidazole rings is 1. The zero-order valence-corrected chi connectivity index (χ0v) is 9.97. The van der Waals surface area contributed by atoms with Crippen LogP contribution < -0.4 is 10.0 Å². The summed E-state index contributed by atoms with van der Waals surface area (Å²) in [5.41, 5.74) is 0. The first kappa shape index (κ1) is 11.6. The topological polar surface area (TPSA) is 86.9 Å². The van der Waals surface area contributed by atoms with Crippen LogP contribution in [0.2, 0.25) is 0 Å². The van der Waals surface area contributed by atoms with Crippen molar-refractivity contribution >= 4 is 10.0 Å². The number of hydrogen-bond donors (Lipinski definition) is 3. The van der Waals surface area contributed by atoms with Gasteiger partial charge in [-0.15, -0.1) is 0 Å². The molecule has 0 aromatic carbocycles. The van der Waals surface area contributed by atoms with Crippen molar-refractivity contribution in [2.24, 2.45) is 0 Å². The van der Waals surface area contributed by atoms with Gasteiger partial charge in [0.2, 0.25) is 0 Å². The molecule has 0 radical (unpaired) electrons. The zero-order valence-electron chi connectivity index (χ0n) is 9.16. The number of nitrogens with one attached hydrogen (secondary N) is 3. The van der Waals surface area contributed by atoms with E-state index >= 15 is 0 Å². The minimum atomic E-state index is -3.45. The molecule has 0 aliphatic carbocycles. The monoisotopic (exact) mass is 244 g/mol. The lowest BCUT2D eigenvalue weighted by Crippen LogP contribution is -2.45. The molecule has 1 aromatic rings. The predicted molar refractivity (Wildman–Crippen MR) is 59.5 cm³/mol. The van der Waals surface area contributed by atoms with Gasteiger partial charge in [0.25, 0.3) is 10.0 Å². The summed E-state index contributed by atoms with van der Waals surface area (Å²) in [6, 6.07) is -0.0256. The molecule has 1 fully saturated rings. The summed E-state index contributed by atoms with van der Waals surface area (Å²) in [6.07, 6.45) is 3.21. The van der Waals surface area contributed by atoms with Gasteiger partial charge < -0.3 is 10.3 Å². The fraction of sp³-hybridized carbons (Fsp3) is 0.667. The molecular formula is C9H16N4O2S. The van der Waals surface area contributed by atoms with E-state index in [4.69, 9.17) is 0 Å². The van der Waals surface area contributed by atoms with E-state index < -0.39 is 10.0 Å². The van der Waals surface area contributed by atoms with Gasteiger partial charge >= 0.3 is 0 Å². The lowest BCUT2D eigenvalue weighted by atomic mass is 10.1. The summed E-state index contributed by atoms with van der Waals surface area (Å²) < 4.78 is 26.5. The normalized spacial score (nSPS) is 22.2. The molecule has 2 rings (SSSR count). The average Bonchev–Trinajstić information content (AvgIpc) is 2.66. The van der Waals surface area contributed by atoms with Crippen molar-refractivity contribution in [2.75, 3.05) is 13.1 Å². The van der Waals surface area contributed by atoms with Crippen molar-refractivity contribution in [2.45, 2.75) is 30.8 Å². The number of sulfonamides is 1. The lowest BCUT2D eigenvalue weighted by molar-refractivity contribution is 0.428. The van der Waals surface area contributed by atoms with Crippen molar-refractivity contribution in [3.05, 3.63) is 12.0 Å². The molecule has 2 heterocycles. The fourth-order valence-corrected chi connectivity index (χ4v) is 3.01. The van der Waals surface area contributed by atoms with Crippen molar-refractivity contribution in [1.29, 1.82) is 0 Å². The number of hydrogen-bond acceptors (Lipinski definition) is 4. The number of aromatic nitrogens is 2.